The number of hydrogen-bond acceptors (Lipinski definition) is 2. The average molecular weight is 298 g/mol. The molecule has 0 aromatic heterocycles. The monoisotopic (exact) mass is 298 g/mol. The van der Waals surface area contributed by atoms with Crippen molar-refractivity contribution < 1.29 is 14.6 Å². The Labute approximate surface area is 130 Å². The van der Waals surface area contributed by atoms with Crippen LogP contribution in [0.3, 0.4) is 0 Å². The van der Waals surface area contributed by atoms with Crippen LogP contribution in [-0.2, 0) is 9.53 Å². The fourth-order valence-corrected chi connectivity index (χ4v) is 2.96. The van der Waals surface area contributed by atoms with Crippen molar-refractivity contribution >= 4 is 5.97 Å². The highest BCUT2D eigenvalue weighted by molar-refractivity contribution is 5.66. The van der Waals surface area contributed by atoms with Crippen molar-refractivity contribution in [2.24, 2.45) is 0 Å². The predicted octanol–water partition coefficient (Wildman–Crippen LogP) is 5.32. The summed E-state index contributed by atoms with van der Waals surface area (Å²) in [6.45, 7) is 2.26. The molecule has 1 fully saturated rings. The minimum absolute atomic E-state index is 0.329. The molecule has 1 saturated heterocycles. The lowest BCUT2D eigenvalue weighted by atomic mass is 10.0. The van der Waals surface area contributed by atoms with Crippen LogP contribution in [0.4, 0.5) is 0 Å². The van der Waals surface area contributed by atoms with Crippen molar-refractivity contribution in [3.8, 4) is 0 Å². The summed E-state index contributed by atoms with van der Waals surface area (Å²) < 4.78 is 5.73. The number of unbranched alkanes of at least 4 members (excludes halogenated alkanes) is 9. The van der Waals surface area contributed by atoms with E-state index in [-0.39, 0.29) is 0 Å². The van der Waals surface area contributed by atoms with Crippen molar-refractivity contribution in [1.29, 1.82) is 0 Å². The van der Waals surface area contributed by atoms with Crippen LogP contribution in [0.5, 0.6) is 0 Å². The highest BCUT2D eigenvalue weighted by Crippen LogP contribution is 2.31. The third-order valence-corrected chi connectivity index (χ3v) is 4.41. The van der Waals surface area contributed by atoms with Gasteiger partial charge in [0.2, 0.25) is 0 Å². The molecule has 0 aromatic carbocycles. The molecule has 124 valence electrons. The summed E-state index contributed by atoms with van der Waals surface area (Å²) in [7, 11) is 0. The first kappa shape index (κ1) is 18.5. The van der Waals surface area contributed by atoms with E-state index in [1.165, 1.54) is 70.6 Å². The van der Waals surface area contributed by atoms with Gasteiger partial charge in [0, 0.05) is 6.42 Å². The number of carbonyl (C=O) groups is 1. The molecule has 1 aliphatic rings. The van der Waals surface area contributed by atoms with Crippen LogP contribution in [0.2, 0.25) is 0 Å². The van der Waals surface area contributed by atoms with E-state index in [2.05, 4.69) is 6.92 Å². The standard InChI is InChI=1S/C18H34O3/c1-2-3-4-7-10-13-16-17(21-16)14-11-8-5-6-9-12-15-18(19)20/h16-17H,2-15H2,1H3,(H,19,20)/t16-,17-/m1/s1. The van der Waals surface area contributed by atoms with Crippen molar-refractivity contribution in [3.63, 3.8) is 0 Å². The maximum Gasteiger partial charge on any atom is 0.303 e. The van der Waals surface area contributed by atoms with Crippen molar-refractivity contribution in [1.82, 2.24) is 0 Å². The van der Waals surface area contributed by atoms with Crippen LogP contribution in [0.15, 0.2) is 0 Å². The molecular formula is C18H34O3. The molecule has 1 N–H and O–H groups in total. The van der Waals surface area contributed by atoms with E-state index in [9.17, 15) is 4.79 Å². The third kappa shape index (κ3) is 10.8. The number of hydrogen-bond donors (Lipinski definition) is 1. The molecule has 0 aliphatic carbocycles. The quantitative estimate of drug-likeness (QED) is 0.329. The molecule has 1 heterocycles. The number of aliphatic carboxylic acids is 1. The smallest absolute Gasteiger partial charge is 0.303 e. The van der Waals surface area contributed by atoms with Crippen LogP contribution in [0.1, 0.15) is 96.8 Å². The van der Waals surface area contributed by atoms with Gasteiger partial charge in [-0.3, -0.25) is 4.79 Å². The largest absolute Gasteiger partial charge is 0.481 e. The molecular weight excluding hydrogens is 264 g/mol. The summed E-state index contributed by atoms with van der Waals surface area (Å²) in [5.41, 5.74) is 0. The Kier molecular flexibility index (Phi) is 10.6. The molecule has 2 atom stereocenters. The maximum absolute atomic E-state index is 10.4. The summed E-state index contributed by atoms with van der Waals surface area (Å²) in [4.78, 5) is 10.4. The zero-order valence-corrected chi connectivity index (χ0v) is 13.8. The molecule has 0 spiro atoms. The Morgan fingerprint density at radius 1 is 0.810 bits per heavy atom. The first-order valence-corrected chi connectivity index (χ1v) is 9.11. The Hall–Kier alpha value is -0.570. The lowest BCUT2D eigenvalue weighted by Gasteiger charge is -2.00. The highest BCUT2D eigenvalue weighted by Gasteiger charge is 2.36. The second-order valence-corrected chi connectivity index (χ2v) is 6.47. The van der Waals surface area contributed by atoms with Gasteiger partial charge in [0.1, 0.15) is 0 Å². The van der Waals surface area contributed by atoms with Crippen LogP contribution in [0, 0.1) is 0 Å². The summed E-state index contributed by atoms with van der Waals surface area (Å²) in [6.07, 6.45) is 17.6. The molecule has 3 heteroatoms. The Bertz CT molecular complexity index is 265. The normalized spacial score (nSPS) is 20.6. The topological polar surface area (TPSA) is 49.8 Å². The summed E-state index contributed by atoms with van der Waals surface area (Å²) >= 11 is 0. The van der Waals surface area contributed by atoms with Gasteiger partial charge in [0.15, 0.2) is 0 Å². The Balaban J connectivity index is 1.76. The molecule has 0 aromatic rings. The van der Waals surface area contributed by atoms with Gasteiger partial charge >= 0.3 is 5.97 Å². The van der Waals surface area contributed by atoms with Gasteiger partial charge in [0.25, 0.3) is 0 Å². The Morgan fingerprint density at radius 2 is 1.29 bits per heavy atom. The SMILES string of the molecule is CCCCCCC[C@H]1O[C@@H]1CCCCCCCCC(=O)O. The first-order valence-electron chi connectivity index (χ1n) is 9.11. The zero-order valence-electron chi connectivity index (χ0n) is 13.8. The Morgan fingerprint density at radius 3 is 1.81 bits per heavy atom. The minimum Gasteiger partial charge on any atom is -0.481 e. The number of ether oxygens (including phenoxy) is 1. The fourth-order valence-electron chi connectivity index (χ4n) is 2.96. The van der Waals surface area contributed by atoms with Crippen molar-refractivity contribution in [2.45, 2.75) is 109 Å². The van der Waals surface area contributed by atoms with E-state index in [0.29, 0.717) is 18.6 Å². The van der Waals surface area contributed by atoms with Gasteiger partial charge in [-0.05, 0) is 19.3 Å². The summed E-state index contributed by atoms with van der Waals surface area (Å²) in [5.74, 6) is -0.665. The van der Waals surface area contributed by atoms with Crippen LogP contribution in [-0.4, -0.2) is 23.3 Å². The van der Waals surface area contributed by atoms with E-state index >= 15 is 0 Å². The van der Waals surface area contributed by atoms with Gasteiger partial charge in [-0.1, -0.05) is 71.1 Å². The molecule has 1 aliphatic heterocycles. The average Bonchev–Trinajstić information content (AvgIpc) is 3.20. The first-order chi connectivity index (χ1) is 10.2. The molecule has 1 rings (SSSR count). The predicted molar refractivity (Wildman–Crippen MR) is 86.6 cm³/mol. The lowest BCUT2D eigenvalue weighted by molar-refractivity contribution is -0.137. The number of rotatable bonds is 15. The van der Waals surface area contributed by atoms with Gasteiger partial charge < -0.3 is 9.84 Å². The van der Waals surface area contributed by atoms with Crippen LogP contribution >= 0.6 is 0 Å². The molecule has 0 radical (unpaired) electrons. The van der Waals surface area contributed by atoms with E-state index in [1.807, 2.05) is 0 Å². The maximum atomic E-state index is 10.4. The van der Waals surface area contributed by atoms with Gasteiger partial charge in [-0.25, -0.2) is 0 Å². The van der Waals surface area contributed by atoms with Gasteiger partial charge in [-0.2, -0.15) is 0 Å². The van der Waals surface area contributed by atoms with Gasteiger partial charge in [0.05, 0.1) is 12.2 Å². The highest BCUT2D eigenvalue weighted by atomic mass is 16.6. The second kappa shape index (κ2) is 12.0. The molecule has 3 nitrogen and oxygen atoms in total. The van der Waals surface area contributed by atoms with E-state index in [4.69, 9.17) is 9.84 Å². The van der Waals surface area contributed by atoms with E-state index < -0.39 is 5.97 Å². The van der Waals surface area contributed by atoms with Crippen molar-refractivity contribution in [3.05, 3.63) is 0 Å². The molecule has 0 bridgehead atoms. The number of carboxylic acid groups (broad SMARTS) is 1. The third-order valence-electron chi connectivity index (χ3n) is 4.41. The summed E-state index contributed by atoms with van der Waals surface area (Å²) in [5, 5.41) is 8.54. The van der Waals surface area contributed by atoms with Gasteiger partial charge in [-0.15, -0.1) is 0 Å². The van der Waals surface area contributed by atoms with Crippen molar-refractivity contribution in [2.75, 3.05) is 0 Å². The second-order valence-electron chi connectivity index (χ2n) is 6.47. The molecule has 0 unspecified atom stereocenters. The molecule has 21 heavy (non-hydrogen) atoms. The zero-order chi connectivity index (χ0) is 15.3. The van der Waals surface area contributed by atoms with Crippen LogP contribution < -0.4 is 0 Å². The number of carboxylic acids is 1. The fraction of sp³-hybridized carbons (Fsp3) is 0.944. The van der Waals surface area contributed by atoms with Crippen LogP contribution in [0.25, 0.3) is 0 Å². The number of epoxide rings is 1. The molecule has 0 saturated carbocycles. The van der Waals surface area contributed by atoms with E-state index in [0.717, 1.165) is 12.8 Å². The lowest BCUT2D eigenvalue weighted by Crippen LogP contribution is -1.95. The van der Waals surface area contributed by atoms with E-state index in [1.54, 1.807) is 0 Å². The minimum atomic E-state index is -0.665. The summed E-state index contributed by atoms with van der Waals surface area (Å²) in [6, 6.07) is 0. The molecule has 0 amide bonds.